The van der Waals surface area contributed by atoms with Gasteiger partial charge >= 0.3 is 11.8 Å². The molecule has 6 nitrogen and oxygen atoms in total. The van der Waals surface area contributed by atoms with Crippen molar-refractivity contribution in [3.8, 4) is 11.5 Å². The maximum atomic E-state index is 12.4. The maximum Gasteiger partial charge on any atom is 0.313 e. The number of ether oxygens (including phenoxy) is 1. The molecule has 0 radical (unpaired) electrons. The average Bonchev–Trinajstić information content (AvgIpc) is 2.68. The molecule has 2 aromatic rings. The Bertz CT molecular complexity index is 838. The number of benzene rings is 2. The summed E-state index contributed by atoms with van der Waals surface area (Å²) in [4.78, 5) is 26.9. The van der Waals surface area contributed by atoms with Gasteiger partial charge in [-0.3, -0.25) is 9.59 Å². The van der Waals surface area contributed by atoms with Crippen LogP contribution in [0.4, 0.5) is 5.69 Å². The van der Waals surface area contributed by atoms with Gasteiger partial charge in [0.15, 0.2) is 5.75 Å². The first-order valence-electron chi connectivity index (χ1n) is 9.57. The number of rotatable bonds is 4. The monoisotopic (exact) mass is 381 g/mol. The van der Waals surface area contributed by atoms with Crippen LogP contribution >= 0.6 is 0 Å². The molecule has 1 heterocycles. The minimum Gasteiger partial charge on any atom is -0.455 e. The first-order valence-corrected chi connectivity index (χ1v) is 9.57. The summed E-state index contributed by atoms with van der Waals surface area (Å²) < 4.78 is 6.06. The Morgan fingerprint density at radius 3 is 2.29 bits per heavy atom. The summed E-state index contributed by atoms with van der Waals surface area (Å²) in [5.74, 6) is -0.0479. The van der Waals surface area contributed by atoms with E-state index in [1.807, 2.05) is 38.1 Å². The molecular weight excluding hydrogens is 354 g/mol. The van der Waals surface area contributed by atoms with Crippen LogP contribution in [0.15, 0.2) is 42.5 Å². The fraction of sp³-hybridized carbons (Fsp3) is 0.364. The summed E-state index contributed by atoms with van der Waals surface area (Å²) in [6.45, 7) is 5.77. The molecule has 148 valence electrons. The third kappa shape index (κ3) is 4.89. The zero-order chi connectivity index (χ0) is 20.1. The second-order valence-corrected chi connectivity index (χ2v) is 7.32. The van der Waals surface area contributed by atoms with E-state index in [4.69, 9.17) is 4.74 Å². The lowest BCUT2D eigenvalue weighted by Crippen LogP contribution is -2.46. The van der Waals surface area contributed by atoms with Crippen LogP contribution in [0, 0.1) is 13.8 Å². The van der Waals surface area contributed by atoms with Gasteiger partial charge in [0.25, 0.3) is 0 Å². The van der Waals surface area contributed by atoms with Gasteiger partial charge in [-0.1, -0.05) is 30.3 Å². The molecule has 0 atom stereocenters. The summed E-state index contributed by atoms with van der Waals surface area (Å²) in [6.07, 6.45) is 1.70. The molecule has 2 aromatic carbocycles. The van der Waals surface area contributed by atoms with Crippen LogP contribution in [0.2, 0.25) is 0 Å². The molecule has 6 heteroatoms. The van der Waals surface area contributed by atoms with E-state index in [2.05, 4.69) is 22.6 Å². The van der Waals surface area contributed by atoms with Gasteiger partial charge in [-0.05, 0) is 70.1 Å². The normalized spacial score (nSPS) is 15.1. The van der Waals surface area contributed by atoms with Crippen LogP contribution in [0.5, 0.6) is 11.5 Å². The van der Waals surface area contributed by atoms with Crippen LogP contribution in [-0.2, 0) is 9.59 Å². The van der Waals surface area contributed by atoms with E-state index in [1.165, 1.54) is 0 Å². The van der Waals surface area contributed by atoms with Crippen molar-refractivity contribution in [1.29, 1.82) is 0 Å². The Balaban J connectivity index is 1.67. The van der Waals surface area contributed by atoms with Crippen LogP contribution in [-0.4, -0.2) is 42.9 Å². The second-order valence-electron chi connectivity index (χ2n) is 7.32. The summed E-state index contributed by atoms with van der Waals surface area (Å²) in [7, 11) is 2.05. The van der Waals surface area contributed by atoms with Gasteiger partial charge in [-0.15, -0.1) is 0 Å². The molecule has 3 rings (SSSR count). The number of nitrogens with one attached hydrogen (secondary N) is 2. The number of para-hydroxylation sites is 3. The third-order valence-electron chi connectivity index (χ3n) is 5.02. The van der Waals surface area contributed by atoms with Gasteiger partial charge in [-0.25, -0.2) is 0 Å². The number of carbonyl (C=O) groups is 2. The molecule has 0 unspecified atom stereocenters. The predicted octanol–water partition coefficient (Wildman–Crippen LogP) is 3.24. The first kappa shape index (κ1) is 19.9. The number of likely N-dealkylation sites (tertiary alicyclic amines) is 1. The van der Waals surface area contributed by atoms with Gasteiger partial charge in [0.05, 0.1) is 5.69 Å². The Morgan fingerprint density at radius 2 is 1.61 bits per heavy atom. The van der Waals surface area contributed by atoms with Crippen molar-refractivity contribution in [3.05, 3.63) is 53.6 Å². The van der Waals surface area contributed by atoms with E-state index in [-0.39, 0.29) is 6.04 Å². The molecule has 0 aliphatic carbocycles. The molecular formula is C22H27N3O3. The van der Waals surface area contributed by atoms with Crippen LogP contribution in [0.1, 0.15) is 24.0 Å². The van der Waals surface area contributed by atoms with E-state index < -0.39 is 11.8 Å². The molecule has 0 aromatic heterocycles. The molecule has 1 aliphatic rings. The molecule has 28 heavy (non-hydrogen) atoms. The number of aryl methyl sites for hydroxylation is 2. The number of hydrogen-bond donors (Lipinski definition) is 2. The number of amides is 2. The third-order valence-corrected chi connectivity index (χ3v) is 5.02. The average molecular weight is 381 g/mol. The standard InChI is InChI=1S/C22H27N3O3/c1-15-7-6-8-16(2)20(15)28-19-10-5-4-9-18(19)24-22(27)21(26)23-17-11-13-25(3)14-12-17/h4-10,17H,11-14H2,1-3H3,(H,23,26)(H,24,27). The molecule has 2 N–H and O–H groups in total. The van der Waals surface area contributed by atoms with E-state index in [9.17, 15) is 9.59 Å². The van der Waals surface area contributed by atoms with Crippen molar-refractivity contribution < 1.29 is 14.3 Å². The van der Waals surface area contributed by atoms with Gasteiger partial charge in [0.1, 0.15) is 5.75 Å². The highest BCUT2D eigenvalue weighted by molar-refractivity contribution is 6.39. The highest BCUT2D eigenvalue weighted by Gasteiger charge is 2.23. The van der Waals surface area contributed by atoms with Crippen molar-refractivity contribution in [2.75, 3.05) is 25.5 Å². The zero-order valence-corrected chi connectivity index (χ0v) is 16.6. The molecule has 0 saturated carbocycles. The van der Waals surface area contributed by atoms with Crippen LogP contribution in [0.25, 0.3) is 0 Å². The van der Waals surface area contributed by atoms with Gasteiger partial charge < -0.3 is 20.3 Å². The summed E-state index contributed by atoms with van der Waals surface area (Å²) >= 11 is 0. The van der Waals surface area contributed by atoms with Gasteiger partial charge in [-0.2, -0.15) is 0 Å². The van der Waals surface area contributed by atoms with E-state index in [1.54, 1.807) is 18.2 Å². The molecule has 1 aliphatic heterocycles. The van der Waals surface area contributed by atoms with Crippen molar-refractivity contribution in [2.45, 2.75) is 32.7 Å². The number of hydrogen-bond acceptors (Lipinski definition) is 4. The van der Waals surface area contributed by atoms with Crippen molar-refractivity contribution in [1.82, 2.24) is 10.2 Å². The summed E-state index contributed by atoms with van der Waals surface area (Å²) in [5, 5.41) is 5.51. The van der Waals surface area contributed by atoms with Crippen LogP contribution in [0.3, 0.4) is 0 Å². The molecule has 1 fully saturated rings. The lowest BCUT2D eigenvalue weighted by Gasteiger charge is -2.29. The van der Waals surface area contributed by atoms with E-state index >= 15 is 0 Å². The summed E-state index contributed by atoms with van der Waals surface area (Å²) in [5.41, 5.74) is 2.47. The number of anilines is 1. The van der Waals surface area contributed by atoms with E-state index in [0.717, 1.165) is 42.8 Å². The number of carbonyl (C=O) groups excluding carboxylic acids is 2. The van der Waals surface area contributed by atoms with Gasteiger partial charge in [0.2, 0.25) is 0 Å². The van der Waals surface area contributed by atoms with Crippen LogP contribution < -0.4 is 15.4 Å². The molecule has 0 spiro atoms. The zero-order valence-electron chi connectivity index (χ0n) is 16.6. The SMILES string of the molecule is Cc1cccc(C)c1Oc1ccccc1NC(=O)C(=O)NC1CCN(C)CC1. The fourth-order valence-corrected chi connectivity index (χ4v) is 3.31. The first-order chi connectivity index (χ1) is 13.4. The van der Waals surface area contributed by atoms with Crippen molar-refractivity contribution in [2.24, 2.45) is 0 Å². The minimum atomic E-state index is -0.684. The Labute approximate surface area is 165 Å². The highest BCUT2D eigenvalue weighted by atomic mass is 16.5. The number of piperidine rings is 1. The number of nitrogens with zero attached hydrogens (tertiary/aromatic N) is 1. The largest absolute Gasteiger partial charge is 0.455 e. The molecule has 1 saturated heterocycles. The van der Waals surface area contributed by atoms with Crippen molar-refractivity contribution in [3.63, 3.8) is 0 Å². The lowest BCUT2D eigenvalue weighted by molar-refractivity contribution is -0.136. The topological polar surface area (TPSA) is 70.7 Å². The maximum absolute atomic E-state index is 12.4. The Kier molecular flexibility index (Phi) is 6.31. The quantitative estimate of drug-likeness (QED) is 0.798. The smallest absolute Gasteiger partial charge is 0.313 e. The minimum absolute atomic E-state index is 0.0376. The van der Waals surface area contributed by atoms with Crippen molar-refractivity contribution >= 4 is 17.5 Å². The Hall–Kier alpha value is -2.86. The molecule has 2 amide bonds. The highest BCUT2D eigenvalue weighted by Crippen LogP contribution is 2.33. The predicted molar refractivity (Wildman–Crippen MR) is 110 cm³/mol. The lowest BCUT2D eigenvalue weighted by atomic mass is 10.1. The van der Waals surface area contributed by atoms with Gasteiger partial charge in [0, 0.05) is 6.04 Å². The summed E-state index contributed by atoms with van der Waals surface area (Å²) in [6, 6.07) is 13.1. The van der Waals surface area contributed by atoms with E-state index in [0.29, 0.717) is 11.4 Å². The second kappa shape index (κ2) is 8.89. The Morgan fingerprint density at radius 1 is 0.964 bits per heavy atom. The molecule has 0 bridgehead atoms. The fourth-order valence-electron chi connectivity index (χ4n) is 3.31.